The number of benzene rings is 3. The molecule has 6 heteroatoms. The van der Waals surface area contributed by atoms with Crippen molar-refractivity contribution in [3.63, 3.8) is 0 Å². The van der Waals surface area contributed by atoms with Crippen LogP contribution >= 0.6 is 0 Å². The van der Waals surface area contributed by atoms with Crippen molar-refractivity contribution in [3.05, 3.63) is 108 Å². The lowest BCUT2D eigenvalue weighted by Gasteiger charge is -2.30. The van der Waals surface area contributed by atoms with Crippen LogP contribution in [0.25, 0.3) is 11.1 Å². The number of carbonyl (C=O) groups is 1. The Bertz CT molecular complexity index is 1320. The zero-order chi connectivity index (χ0) is 24.9. The maximum Gasteiger partial charge on any atom is 0.260 e. The Balaban J connectivity index is 1.40. The van der Waals surface area contributed by atoms with Crippen LogP contribution in [0.15, 0.2) is 91.1 Å². The second-order valence-corrected chi connectivity index (χ2v) is 9.36. The van der Waals surface area contributed by atoms with Crippen LogP contribution < -0.4 is 9.80 Å². The van der Waals surface area contributed by atoms with Crippen molar-refractivity contribution in [2.24, 2.45) is 0 Å². The molecule has 0 saturated heterocycles. The van der Waals surface area contributed by atoms with Crippen molar-refractivity contribution in [1.82, 2.24) is 14.9 Å². The van der Waals surface area contributed by atoms with Crippen molar-refractivity contribution in [3.8, 4) is 11.1 Å². The van der Waals surface area contributed by atoms with E-state index < -0.39 is 0 Å². The predicted molar refractivity (Wildman–Crippen MR) is 145 cm³/mol. The van der Waals surface area contributed by atoms with E-state index in [1.54, 1.807) is 11.1 Å². The zero-order valence-corrected chi connectivity index (χ0v) is 20.8. The molecule has 0 atom stereocenters. The molecule has 1 aliphatic heterocycles. The van der Waals surface area contributed by atoms with Gasteiger partial charge in [-0.15, -0.1) is 0 Å². The predicted octanol–water partition coefficient (Wildman–Crippen LogP) is 4.91. The minimum absolute atomic E-state index is 0.0994. The minimum Gasteiger partial charge on any atom is -0.352 e. The Labute approximate surface area is 212 Å². The number of aromatic nitrogens is 2. The van der Waals surface area contributed by atoms with Gasteiger partial charge in [-0.25, -0.2) is 4.98 Å². The molecule has 1 aliphatic rings. The number of hydrogen-bond donors (Lipinski definition) is 0. The average molecular weight is 478 g/mol. The van der Waals surface area contributed by atoms with Crippen LogP contribution in [0.3, 0.4) is 0 Å². The first-order valence-corrected chi connectivity index (χ1v) is 12.4. The number of hydrogen-bond acceptors (Lipinski definition) is 5. The summed E-state index contributed by atoms with van der Waals surface area (Å²) in [6, 6.07) is 28.4. The van der Waals surface area contributed by atoms with E-state index in [0.717, 1.165) is 36.5 Å². The highest BCUT2D eigenvalue weighted by Crippen LogP contribution is 2.25. The Hall–Kier alpha value is -4.03. The van der Waals surface area contributed by atoms with Crippen LogP contribution in [0, 0.1) is 0 Å². The number of nitrogens with zero attached hydrogens (tertiary/aromatic N) is 5. The number of fused-ring (bicyclic) bond motifs is 1. The largest absolute Gasteiger partial charge is 0.352 e. The van der Waals surface area contributed by atoms with E-state index in [9.17, 15) is 4.79 Å². The molecule has 182 valence electrons. The zero-order valence-electron chi connectivity index (χ0n) is 20.8. The number of likely N-dealkylation sites (N-methyl/N-ethyl adjacent to an activating group) is 1. The quantitative estimate of drug-likeness (QED) is 0.378. The van der Waals surface area contributed by atoms with Crippen molar-refractivity contribution >= 4 is 17.7 Å². The molecule has 0 aliphatic carbocycles. The van der Waals surface area contributed by atoms with Crippen LogP contribution in [-0.4, -0.2) is 54.5 Å². The van der Waals surface area contributed by atoms with Gasteiger partial charge >= 0.3 is 0 Å². The number of carbonyl (C=O) groups excluding carboxylic acids is 1. The van der Waals surface area contributed by atoms with E-state index in [2.05, 4.69) is 51.2 Å². The highest BCUT2D eigenvalue weighted by Gasteiger charge is 2.23. The second-order valence-electron chi connectivity index (χ2n) is 9.36. The normalized spacial score (nSPS) is 12.9. The fourth-order valence-electron chi connectivity index (χ4n) is 4.52. The van der Waals surface area contributed by atoms with Gasteiger partial charge < -0.3 is 9.80 Å². The van der Waals surface area contributed by atoms with Gasteiger partial charge in [-0.05, 0) is 61.0 Å². The van der Waals surface area contributed by atoms with Crippen LogP contribution in [-0.2, 0) is 13.0 Å². The van der Waals surface area contributed by atoms with Gasteiger partial charge in [-0.3, -0.25) is 9.69 Å². The summed E-state index contributed by atoms with van der Waals surface area (Å²) in [6.07, 6.45) is 2.74. The Morgan fingerprint density at radius 3 is 2.28 bits per heavy atom. The third-order valence-electron chi connectivity index (χ3n) is 6.58. The van der Waals surface area contributed by atoms with Gasteiger partial charge in [0.1, 0.15) is 5.82 Å². The van der Waals surface area contributed by atoms with Crippen molar-refractivity contribution in [2.75, 3.05) is 43.5 Å². The molecule has 0 unspecified atom stereocenters. The molecule has 1 amide bonds. The molecule has 4 aromatic rings. The van der Waals surface area contributed by atoms with E-state index in [0.29, 0.717) is 24.6 Å². The molecule has 36 heavy (non-hydrogen) atoms. The molecule has 2 heterocycles. The molecule has 0 radical (unpaired) electrons. The summed E-state index contributed by atoms with van der Waals surface area (Å²) in [5.41, 5.74) is 5.54. The van der Waals surface area contributed by atoms with Gasteiger partial charge in [-0.1, -0.05) is 66.7 Å². The molecular formula is C30H31N5O. The first kappa shape index (κ1) is 23.7. The Morgan fingerprint density at radius 1 is 0.833 bits per heavy atom. The topological polar surface area (TPSA) is 52.6 Å². The van der Waals surface area contributed by atoms with E-state index >= 15 is 0 Å². The lowest BCUT2D eigenvalue weighted by atomic mass is 10.00. The van der Waals surface area contributed by atoms with Gasteiger partial charge in [0.05, 0.1) is 0 Å². The summed E-state index contributed by atoms with van der Waals surface area (Å²) in [7, 11) is 4.00. The number of anilines is 2. The highest BCUT2D eigenvalue weighted by atomic mass is 16.2. The van der Waals surface area contributed by atoms with E-state index in [-0.39, 0.29) is 5.91 Å². The van der Waals surface area contributed by atoms with Gasteiger partial charge in [0.25, 0.3) is 5.91 Å². The molecule has 0 bridgehead atoms. The number of amides is 1. The smallest absolute Gasteiger partial charge is 0.260 e. The molecule has 0 fully saturated rings. The summed E-state index contributed by atoms with van der Waals surface area (Å²) in [4.78, 5) is 29.1. The van der Waals surface area contributed by atoms with Gasteiger partial charge in [-0.2, -0.15) is 4.98 Å². The summed E-state index contributed by atoms with van der Waals surface area (Å²) >= 11 is 0. The van der Waals surface area contributed by atoms with Crippen LogP contribution in [0.1, 0.15) is 21.5 Å². The molecule has 1 aromatic heterocycles. The fourth-order valence-corrected chi connectivity index (χ4v) is 4.52. The summed E-state index contributed by atoms with van der Waals surface area (Å²) in [6.45, 7) is 2.90. The maximum atomic E-state index is 13.7. The van der Waals surface area contributed by atoms with Crippen LogP contribution in [0.2, 0.25) is 0 Å². The lowest BCUT2D eigenvalue weighted by molar-refractivity contribution is 0.0983. The second kappa shape index (κ2) is 10.7. The highest BCUT2D eigenvalue weighted by molar-refractivity contribution is 6.05. The first-order chi connectivity index (χ1) is 17.6. The molecular weight excluding hydrogens is 446 g/mol. The molecule has 6 nitrogen and oxygen atoms in total. The third kappa shape index (κ3) is 5.29. The van der Waals surface area contributed by atoms with Gasteiger partial charge in [0.2, 0.25) is 5.95 Å². The van der Waals surface area contributed by atoms with E-state index in [1.165, 1.54) is 11.1 Å². The minimum atomic E-state index is -0.0994. The molecule has 0 N–H and O–H groups in total. The van der Waals surface area contributed by atoms with E-state index in [1.807, 2.05) is 62.6 Å². The summed E-state index contributed by atoms with van der Waals surface area (Å²) in [5, 5.41) is 0. The van der Waals surface area contributed by atoms with Crippen molar-refractivity contribution < 1.29 is 4.79 Å². The Kier molecular flexibility index (Phi) is 7.05. The van der Waals surface area contributed by atoms with Crippen molar-refractivity contribution in [1.29, 1.82) is 0 Å². The molecule has 0 saturated carbocycles. The average Bonchev–Trinajstić information content (AvgIpc) is 2.93. The molecule has 0 spiro atoms. The monoisotopic (exact) mass is 477 g/mol. The maximum absolute atomic E-state index is 13.7. The van der Waals surface area contributed by atoms with Crippen LogP contribution in [0.5, 0.6) is 0 Å². The van der Waals surface area contributed by atoms with E-state index in [4.69, 9.17) is 4.98 Å². The van der Waals surface area contributed by atoms with Gasteiger partial charge in [0.15, 0.2) is 0 Å². The summed E-state index contributed by atoms with van der Waals surface area (Å²) in [5.74, 6) is 1.18. The molecule has 5 rings (SSSR count). The lowest BCUT2D eigenvalue weighted by Crippen LogP contribution is -2.38. The first-order valence-electron chi connectivity index (χ1n) is 12.4. The Morgan fingerprint density at radius 2 is 1.53 bits per heavy atom. The SMILES string of the molecule is CN(C)CCN(C(=O)c1ccc(-c2ccccc2)cc1)c1nccc(N2CCc3ccccc3C2)n1. The number of rotatable bonds is 7. The third-order valence-corrected chi connectivity index (χ3v) is 6.58. The standard InChI is InChI=1S/C30H31N5O/c1-33(2)20-21-35(29(36)26-14-12-25(13-15-26)23-8-4-3-5-9-23)30-31-18-16-28(32-30)34-19-17-24-10-6-7-11-27(24)22-34/h3-16,18H,17,19-22H2,1-2H3. The summed E-state index contributed by atoms with van der Waals surface area (Å²) < 4.78 is 0. The van der Waals surface area contributed by atoms with Crippen molar-refractivity contribution in [2.45, 2.75) is 13.0 Å². The molecule has 3 aromatic carbocycles. The fraction of sp³-hybridized carbons (Fsp3) is 0.233. The van der Waals surface area contributed by atoms with Gasteiger partial charge in [0, 0.05) is 37.9 Å². The van der Waals surface area contributed by atoms with Crippen LogP contribution in [0.4, 0.5) is 11.8 Å².